The molecule has 1 saturated heterocycles. The molecule has 1 nitrogen and oxygen atoms in total. The molecule has 0 aromatic heterocycles. The van der Waals surface area contributed by atoms with Gasteiger partial charge in [0.15, 0.2) is 0 Å². The second-order valence-corrected chi connectivity index (χ2v) is 6.04. The number of benzene rings is 1. The Morgan fingerprint density at radius 1 is 1.06 bits per heavy atom. The molecule has 1 fully saturated rings. The number of hydrogen-bond acceptors (Lipinski definition) is 2. The summed E-state index contributed by atoms with van der Waals surface area (Å²) < 4.78 is 1.02. The van der Waals surface area contributed by atoms with Gasteiger partial charge in [-0.1, -0.05) is 67.2 Å². The molecule has 0 N–H and O–H groups in total. The SMILES string of the molecule is S=C(S/C=C\c1ccccc1)N1CCCCCC1. The first kappa shape index (κ1) is 13.6. The first-order valence-electron chi connectivity index (χ1n) is 6.53. The van der Waals surface area contributed by atoms with E-state index >= 15 is 0 Å². The highest BCUT2D eigenvalue weighted by atomic mass is 32.2. The van der Waals surface area contributed by atoms with Gasteiger partial charge >= 0.3 is 0 Å². The van der Waals surface area contributed by atoms with Crippen molar-refractivity contribution in [1.29, 1.82) is 0 Å². The van der Waals surface area contributed by atoms with Crippen LogP contribution in [-0.2, 0) is 0 Å². The van der Waals surface area contributed by atoms with Crippen molar-refractivity contribution in [1.82, 2.24) is 4.90 Å². The highest BCUT2D eigenvalue weighted by Crippen LogP contribution is 2.17. The van der Waals surface area contributed by atoms with Crippen molar-refractivity contribution in [3.8, 4) is 0 Å². The minimum absolute atomic E-state index is 1.02. The second-order valence-electron chi connectivity index (χ2n) is 4.50. The van der Waals surface area contributed by atoms with Crippen molar-refractivity contribution >= 4 is 34.4 Å². The Morgan fingerprint density at radius 3 is 2.39 bits per heavy atom. The van der Waals surface area contributed by atoms with E-state index in [-0.39, 0.29) is 0 Å². The lowest BCUT2D eigenvalue weighted by molar-refractivity contribution is 0.450. The molecule has 3 heteroatoms. The van der Waals surface area contributed by atoms with Crippen molar-refractivity contribution in [3.05, 3.63) is 41.3 Å². The first-order valence-corrected chi connectivity index (χ1v) is 7.82. The molecular weight excluding hydrogens is 258 g/mol. The fourth-order valence-electron chi connectivity index (χ4n) is 2.06. The number of nitrogens with zero attached hydrogens (tertiary/aromatic N) is 1. The zero-order valence-electron chi connectivity index (χ0n) is 10.5. The zero-order valence-corrected chi connectivity index (χ0v) is 12.2. The molecule has 18 heavy (non-hydrogen) atoms. The van der Waals surface area contributed by atoms with Crippen LogP contribution in [0.25, 0.3) is 6.08 Å². The minimum atomic E-state index is 1.02. The molecule has 0 radical (unpaired) electrons. The van der Waals surface area contributed by atoms with Crippen molar-refractivity contribution in [3.63, 3.8) is 0 Å². The monoisotopic (exact) mass is 277 g/mol. The molecule has 0 aliphatic carbocycles. The summed E-state index contributed by atoms with van der Waals surface area (Å²) in [7, 11) is 0. The lowest BCUT2D eigenvalue weighted by Gasteiger charge is -2.21. The maximum Gasteiger partial charge on any atom is 0.140 e. The van der Waals surface area contributed by atoms with Crippen LogP contribution < -0.4 is 0 Å². The maximum atomic E-state index is 5.49. The zero-order chi connectivity index (χ0) is 12.6. The van der Waals surface area contributed by atoms with E-state index in [0.717, 1.165) is 17.4 Å². The number of thioether (sulfide) groups is 1. The van der Waals surface area contributed by atoms with E-state index in [1.807, 2.05) is 6.07 Å². The molecule has 2 rings (SSSR count). The van der Waals surface area contributed by atoms with E-state index in [9.17, 15) is 0 Å². The Morgan fingerprint density at radius 2 is 1.72 bits per heavy atom. The quantitative estimate of drug-likeness (QED) is 0.730. The summed E-state index contributed by atoms with van der Waals surface area (Å²) in [5.74, 6) is 0. The molecule has 1 aromatic rings. The van der Waals surface area contributed by atoms with E-state index in [1.165, 1.54) is 31.2 Å². The largest absolute Gasteiger partial charge is 0.357 e. The fraction of sp³-hybridized carbons (Fsp3) is 0.400. The van der Waals surface area contributed by atoms with Crippen molar-refractivity contribution in [2.75, 3.05) is 13.1 Å². The van der Waals surface area contributed by atoms with Gasteiger partial charge in [0, 0.05) is 13.1 Å². The molecule has 0 amide bonds. The number of likely N-dealkylation sites (tertiary alicyclic amines) is 1. The third kappa shape index (κ3) is 4.46. The molecule has 0 spiro atoms. The number of hydrogen-bond donors (Lipinski definition) is 0. The van der Waals surface area contributed by atoms with Crippen LogP contribution in [0, 0.1) is 0 Å². The molecule has 1 heterocycles. The normalized spacial score (nSPS) is 16.8. The lowest BCUT2D eigenvalue weighted by atomic mass is 10.2. The van der Waals surface area contributed by atoms with E-state index in [4.69, 9.17) is 12.2 Å². The van der Waals surface area contributed by atoms with Gasteiger partial charge in [0.2, 0.25) is 0 Å². The van der Waals surface area contributed by atoms with Crippen molar-refractivity contribution in [2.45, 2.75) is 25.7 Å². The van der Waals surface area contributed by atoms with Gasteiger partial charge in [-0.15, -0.1) is 0 Å². The third-order valence-electron chi connectivity index (χ3n) is 3.09. The highest BCUT2D eigenvalue weighted by molar-refractivity contribution is 8.24. The van der Waals surface area contributed by atoms with Crippen LogP contribution >= 0.6 is 24.0 Å². The Bertz CT molecular complexity index is 392. The predicted octanol–water partition coefficient (Wildman–Crippen LogP) is 4.55. The smallest absolute Gasteiger partial charge is 0.140 e. The molecule has 0 saturated carbocycles. The standard InChI is InChI=1S/C15H19NS2/c17-15(16-11-6-1-2-7-12-16)18-13-10-14-8-4-3-5-9-14/h3-5,8-10,13H,1-2,6-7,11-12H2/b13-10-. The average molecular weight is 277 g/mol. The summed E-state index contributed by atoms with van der Waals surface area (Å²) in [6, 6.07) is 10.3. The number of rotatable bonds is 2. The Balaban J connectivity index is 1.82. The Hall–Kier alpha value is -0.800. The lowest BCUT2D eigenvalue weighted by Crippen LogP contribution is -2.27. The maximum absolute atomic E-state index is 5.49. The summed E-state index contributed by atoms with van der Waals surface area (Å²) in [5, 5.41) is 2.10. The predicted molar refractivity (Wildman–Crippen MR) is 85.7 cm³/mol. The Kier molecular flexibility index (Phi) is 5.75. The summed E-state index contributed by atoms with van der Waals surface area (Å²) in [5.41, 5.74) is 1.23. The summed E-state index contributed by atoms with van der Waals surface area (Å²) in [6.07, 6.45) is 7.38. The van der Waals surface area contributed by atoms with Gasteiger partial charge in [0.25, 0.3) is 0 Å². The summed E-state index contributed by atoms with van der Waals surface area (Å²) in [6.45, 7) is 2.26. The van der Waals surface area contributed by atoms with Crippen LogP contribution in [0.2, 0.25) is 0 Å². The second kappa shape index (κ2) is 7.59. The fourth-order valence-corrected chi connectivity index (χ4v) is 3.09. The van der Waals surface area contributed by atoms with E-state index in [2.05, 4.69) is 40.6 Å². The van der Waals surface area contributed by atoms with Gasteiger partial charge in [0.1, 0.15) is 4.32 Å². The Labute approximate surface area is 119 Å². The molecule has 0 unspecified atom stereocenters. The van der Waals surface area contributed by atoms with Gasteiger partial charge in [-0.3, -0.25) is 0 Å². The highest BCUT2D eigenvalue weighted by Gasteiger charge is 2.11. The molecule has 1 aliphatic heterocycles. The van der Waals surface area contributed by atoms with E-state index in [1.54, 1.807) is 11.8 Å². The molecule has 0 atom stereocenters. The van der Waals surface area contributed by atoms with Crippen LogP contribution in [0.15, 0.2) is 35.7 Å². The van der Waals surface area contributed by atoms with Gasteiger partial charge in [-0.25, -0.2) is 0 Å². The van der Waals surface area contributed by atoms with Crippen LogP contribution in [0.5, 0.6) is 0 Å². The molecule has 0 bridgehead atoms. The molecule has 1 aliphatic rings. The molecule has 96 valence electrons. The van der Waals surface area contributed by atoms with Crippen LogP contribution in [-0.4, -0.2) is 22.3 Å². The topological polar surface area (TPSA) is 3.24 Å². The van der Waals surface area contributed by atoms with Gasteiger partial charge in [-0.05, 0) is 29.9 Å². The van der Waals surface area contributed by atoms with E-state index < -0.39 is 0 Å². The van der Waals surface area contributed by atoms with Gasteiger partial charge in [-0.2, -0.15) is 0 Å². The van der Waals surface area contributed by atoms with E-state index in [0.29, 0.717) is 0 Å². The number of thiocarbonyl (C=S) groups is 1. The summed E-state index contributed by atoms with van der Waals surface area (Å²) in [4.78, 5) is 2.35. The molecule has 1 aromatic carbocycles. The molecular formula is C15H19NS2. The van der Waals surface area contributed by atoms with Crippen LogP contribution in [0.3, 0.4) is 0 Å². The van der Waals surface area contributed by atoms with Gasteiger partial charge in [0.05, 0.1) is 0 Å². The summed E-state index contributed by atoms with van der Waals surface area (Å²) >= 11 is 7.15. The van der Waals surface area contributed by atoms with Crippen LogP contribution in [0.1, 0.15) is 31.2 Å². The third-order valence-corrected chi connectivity index (χ3v) is 4.37. The van der Waals surface area contributed by atoms with Crippen molar-refractivity contribution in [2.24, 2.45) is 0 Å². The minimum Gasteiger partial charge on any atom is -0.357 e. The van der Waals surface area contributed by atoms with Crippen molar-refractivity contribution < 1.29 is 0 Å². The average Bonchev–Trinajstić information content (AvgIpc) is 2.69. The first-order chi connectivity index (χ1) is 8.86. The van der Waals surface area contributed by atoms with Gasteiger partial charge < -0.3 is 4.90 Å². The van der Waals surface area contributed by atoms with Crippen LogP contribution in [0.4, 0.5) is 0 Å².